The number of carbonyl (C=O) groups is 1. The highest BCUT2D eigenvalue weighted by atomic mass is 35.5. The molecule has 1 amide bonds. The molecule has 0 fully saturated rings. The number of hydrogen-bond acceptors (Lipinski definition) is 6. The van der Waals surface area contributed by atoms with Crippen molar-refractivity contribution in [3.8, 4) is 0 Å². The minimum Gasteiger partial charge on any atom is -0.325 e. The average molecular weight is 478 g/mol. The van der Waals surface area contributed by atoms with Crippen LogP contribution in [-0.2, 0) is 21.1 Å². The van der Waals surface area contributed by atoms with Crippen molar-refractivity contribution >= 4 is 44.8 Å². The van der Waals surface area contributed by atoms with Crippen molar-refractivity contribution in [2.24, 2.45) is 0 Å². The predicted molar refractivity (Wildman–Crippen MR) is 122 cm³/mol. The maximum absolute atomic E-state index is 12.8. The lowest BCUT2D eigenvalue weighted by Gasteiger charge is -2.09. The largest absolute Gasteiger partial charge is 0.325 e. The Morgan fingerprint density at radius 2 is 1.97 bits per heavy atom. The number of anilines is 1. The summed E-state index contributed by atoms with van der Waals surface area (Å²) in [6.45, 7) is 3.74. The van der Waals surface area contributed by atoms with Gasteiger partial charge < -0.3 is 10.3 Å². The number of para-hydroxylation sites is 1. The van der Waals surface area contributed by atoms with Gasteiger partial charge in [-0.3, -0.25) is 9.59 Å². The molecule has 0 unspecified atom stereocenters. The van der Waals surface area contributed by atoms with Gasteiger partial charge in [0.05, 0.1) is 16.8 Å². The van der Waals surface area contributed by atoms with Crippen molar-refractivity contribution in [1.82, 2.24) is 9.97 Å². The Labute approximate surface area is 189 Å². The van der Waals surface area contributed by atoms with Crippen molar-refractivity contribution in [3.63, 3.8) is 0 Å². The van der Waals surface area contributed by atoms with E-state index in [1.807, 2.05) is 31.2 Å². The first-order valence-electron chi connectivity index (χ1n) is 9.33. The van der Waals surface area contributed by atoms with Gasteiger partial charge >= 0.3 is 0 Å². The van der Waals surface area contributed by atoms with Crippen LogP contribution in [0.1, 0.15) is 18.1 Å². The zero-order chi connectivity index (χ0) is 22.6. The van der Waals surface area contributed by atoms with E-state index in [-0.39, 0.29) is 26.7 Å². The van der Waals surface area contributed by atoms with Gasteiger partial charge in [-0.1, -0.05) is 54.6 Å². The number of H-pyrrole nitrogens is 1. The van der Waals surface area contributed by atoms with Gasteiger partial charge in [-0.15, -0.1) is 0 Å². The molecule has 7 nitrogen and oxygen atoms in total. The predicted octanol–water partition coefficient (Wildman–Crippen LogP) is 3.86. The minimum absolute atomic E-state index is 0.000650. The fraction of sp³-hybridized carbons (Fsp3) is 0.190. The number of amides is 1. The molecule has 162 valence electrons. The molecule has 0 aliphatic carbocycles. The molecular weight excluding hydrogens is 458 g/mol. The van der Waals surface area contributed by atoms with Crippen LogP contribution in [0, 0.1) is 6.92 Å². The maximum atomic E-state index is 12.8. The zero-order valence-corrected chi connectivity index (χ0v) is 19.2. The highest BCUT2D eigenvalue weighted by Crippen LogP contribution is 2.24. The van der Waals surface area contributed by atoms with E-state index in [1.165, 1.54) is 12.1 Å². The van der Waals surface area contributed by atoms with Gasteiger partial charge in [-0.25, -0.2) is 13.4 Å². The molecule has 3 aromatic rings. The summed E-state index contributed by atoms with van der Waals surface area (Å²) in [5, 5.41) is 3.25. The summed E-state index contributed by atoms with van der Waals surface area (Å²) in [5.41, 5.74) is 1.65. The van der Waals surface area contributed by atoms with Gasteiger partial charge in [0.25, 0.3) is 5.56 Å². The molecule has 2 N–H and O–H groups in total. The van der Waals surface area contributed by atoms with Crippen molar-refractivity contribution in [2.45, 2.75) is 35.2 Å². The lowest BCUT2D eigenvalue weighted by molar-refractivity contribution is -0.113. The van der Waals surface area contributed by atoms with Gasteiger partial charge in [0.15, 0.2) is 10.1 Å². The lowest BCUT2D eigenvalue weighted by atomic mass is 10.1. The molecular formula is C21H20ClN3O4S2. The molecule has 31 heavy (non-hydrogen) atoms. The molecule has 10 heteroatoms. The van der Waals surface area contributed by atoms with E-state index in [9.17, 15) is 18.0 Å². The van der Waals surface area contributed by atoms with Crippen LogP contribution in [0.15, 0.2) is 68.4 Å². The van der Waals surface area contributed by atoms with Crippen LogP contribution in [0.2, 0.25) is 5.02 Å². The van der Waals surface area contributed by atoms with Crippen molar-refractivity contribution in [2.75, 3.05) is 11.1 Å². The monoisotopic (exact) mass is 477 g/mol. The van der Waals surface area contributed by atoms with E-state index in [4.69, 9.17) is 11.6 Å². The number of aromatic amines is 1. The van der Waals surface area contributed by atoms with Crippen LogP contribution in [-0.4, -0.2) is 30.0 Å². The fourth-order valence-corrected chi connectivity index (χ4v) is 4.91. The van der Waals surface area contributed by atoms with E-state index in [2.05, 4.69) is 15.3 Å². The van der Waals surface area contributed by atoms with Gasteiger partial charge in [-0.05, 0) is 42.7 Å². The number of hydrogen-bond donors (Lipinski definition) is 2. The van der Waals surface area contributed by atoms with Crippen LogP contribution in [0.25, 0.3) is 0 Å². The first-order chi connectivity index (χ1) is 14.7. The third-order valence-corrected chi connectivity index (χ3v) is 7.54. The Bertz CT molecular complexity index is 1290. The van der Waals surface area contributed by atoms with Crippen molar-refractivity contribution < 1.29 is 13.2 Å². The molecule has 1 aromatic heterocycles. The summed E-state index contributed by atoms with van der Waals surface area (Å²) in [7, 11) is -4.08. The van der Waals surface area contributed by atoms with Gasteiger partial charge in [-0.2, -0.15) is 0 Å². The van der Waals surface area contributed by atoms with Crippen molar-refractivity contribution in [3.05, 3.63) is 75.2 Å². The summed E-state index contributed by atoms with van der Waals surface area (Å²) < 4.78 is 25.5. The standard InChI is InChI=1S/C21H20ClN3O4S2/c1-3-14-6-4-5-7-17(14)24-19(26)12-30-21-23-11-18(20(27)25-21)31(28,29)15-9-8-13(2)16(22)10-15/h4-11H,3,12H2,1-2H3,(H,24,26)(H,23,25,27). The molecule has 0 saturated heterocycles. The number of sulfone groups is 1. The number of benzene rings is 2. The first-order valence-corrected chi connectivity index (χ1v) is 12.2. The Hall–Kier alpha value is -2.62. The van der Waals surface area contributed by atoms with E-state index < -0.39 is 20.3 Å². The summed E-state index contributed by atoms with van der Waals surface area (Å²) in [6.07, 6.45) is 1.77. The summed E-state index contributed by atoms with van der Waals surface area (Å²) >= 11 is 7.01. The second kappa shape index (κ2) is 9.67. The fourth-order valence-electron chi connectivity index (χ4n) is 2.77. The molecule has 1 heterocycles. The number of nitrogens with zero attached hydrogens (tertiary/aromatic N) is 1. The van der Waals surface area contributed by atoms with Crippen LogP contribution < -0.4 is 10.9 Å². The third kappa shape index (κ3) is 5.36. The molecule has 0 radical (unpaired) electrons. The van der Waals surface area contributed by atoms with E-state index in [1.54, 1.807) is 13.0 Å². The summed E-state index contributed by atoms with van der Waals surface area (Å²) in [6, 6.07) is 11.7. The topological polar surface area (TPSA) is 109 Å². The molecule has 0 atom stereocenters. The number of aromatic nitrogens is 2. The Kier molecular flexibility index (Phi) is 7.19. The van der Waals surface area contributed by atoms with Crippen molar-refractivity contribution in [1.29, 1.82) is 0 Å². The van der Waals surface area contributed by atoms with E-state index in [0.717, 1.165) is 41.2 Å². The normalized spacial score (nSPS) is 11.3. The first kappa shape index (κ1) is 23.1. The van der Waals surface area contributed by atoms with E-state index >= 15 is 0 Å². The number of thioether (sulfide) groups is 1. The molecule has 3 rings (SSSR count). The second-order valence-electron chi connectivity index (χ2n) is 6.64. The van der Waals surface area contributed by atoms with Gasteiger partial charge in [0.1, 0.15) is 0 Å². The molecule has 0 spiro atoms. The molecule has 0 saturated carbocycles. The number of halogens is 1. The SMILES string of the molecule is CCc1ccccc1NC(=O)CSc1ncc(S(=O)(=O)c2ccc(C)c(Cl)c2)c(=O)[nH]1. The Balaban J connectivity index is 1.73. The number of rotatable bonds is 7. The molecule has 2 aromatic carbocycles. The summed E-state index contributed by atoms with van der Waals surface area (Å²) in [4.78, 5) is 30.5. The lowest BCUT2D eigenvalue weighted by Crippen LogP contribution is -2.20. The van der Waals surface area contributed by atoms with Crippen LogP contribution in [0.4, 0.5) is 5.69 Å². The third-order valence-electron chi connectivity index (χ3n) is 4.50. The van der Waals surface area contributed by atoms with Gasteiger partial charge in [0.2, 0.25) is 15.7 Å². The minimum atomic E-state index is -4.08. The zero-order valence-electron chi connectivity index (χ0n) is 16.8. The second-order valence-corrected chi connectivity index (χ2v) is 9.93. The number of aryl methyl sites for hydroxylation is 2. The Morgan fingerprint density at radius 3 is 2.65 bits per heavy atom. The van der Waals surface area contributed by atoms with Crippen LogP contribution in [0.3, 0.4) is 0 Å². The maximum Gasteiger partial charge on any atom is 0.270 e. The molecule has 0 bridgehead atoms. The average Bonchev–Trinajstić information content (AvgIpc) is 2.74. The highest BCUT2D eigenvalue weighted by Gasteiger charge is 2.23. The van der Waals surface area contributed by atoms with Gasteiger partial charge in [0, 0.05) is 10.7 Å². The quantitative estimate of drug-likeness (QED) is 0.395. The van der Waals surface area contributed by atoms with Crippen LogP contribution >= 0.6 is 23.4 Å². The molecule has 0 aliphatic rings. The number of nitrogens with one attached hydrogen (secondary N) is 2. The van der Waals surface area contributed by atoms with E-state index in [0.29, 0.717) is 0 Å². The Morgan fingerprint density at radius 1 is 1.23 bits per heavy atom. The highest BCUT2D eigenvalue weighted by molar-refractivity contribution is 7.99. The number of carbonyl (C=O) groups excluding carboxylic acids is 1. The smallest absolute Gasteiger partial charge is 0.270 e. The van der Waals surface area contributed by atoms with Crippen LogP contribution in [0.5, 0.6) is 0 Å². The summed E-state index contributed by atoms with van der Waals surface area (Å²) in [5.74, 6) is -0.264. The molecule has 0 aliphatic heterocycles.